The molecule has 13 saturated carbocycles. The Balaban J connectivity index is 0.000000161. The highest BCUT2D eigenvalue weighted by Crippen LogP contribution is 2.63. The Morgan fingerprint density at radius 3 is 1.46 bits per heavy atom. The molecule has 116 heavy (non-hydrogen) atoms. The van der Waals surface area contributed by atoms with Crippen molar-refractivity contribution in [1.29, 1.82) is 0 Å². The quantitative estimate of drug-likeness (QED) is 0.0384. The van der Waals surface area contributed by atoms with Crippen LogP contribution in [0.4, 0.5) is 4.79 Å². The average Bonchev–Trinajstić information content (AvgIpc) is 1.54. The lowest BCUT2D eigenvalue weighted by Crippen LogP contribution is -2.61. The topological polar surface area (TPSA) is 336 Å². The van der Waals surface area contributed by atoms with E-state index in [9.17, 15) is 61.5 Å². The summed E-state index contributed by atoms with van der Waals surface area (Å²) in [6.45, 7) is 38.6. The molecule has 0 aromatic carbocycles. The van der Waals surface area contributed by atoms with Crippen LogP contribution in [0.3, 0.4) is 0 Å². The maximum atomic E-state index is 12.6. The van der Waals surface area contributed by atoms with E-state index in [0.29, 0.717) is 75.2 Å². The Morgan fingerprint density at radius 2 is 0.948 bits per heavy atom. The SMILES string of the molecule is CCC(C)(C)C(=O)OC1(CC)C2CC3CC(C2)CC1C3.CCC(C)(C)C(=O)OC12CC3CC(CC(O)(C3)C1)C2.CCC(C)(C)C(=O)OC1CCOC1=O.CCC(C)(C)C(=O)OCC(=O)OC1C2CC3C(=O)OC1C3C2.CCC(C)(C)C(=O)OCCOC(=O)OC1C2CC3C1OS(=O)(=O)C3C2.CCC1(OC(=O)C(C)(C)CC)CCCCC1. The highest BCUT2D eigenvalue weighted by atomic mass is 32.2. The molecule has 3 heterocycles. The zero-order chi connectivity index (χ0) is 85.9. The molecule has 12 bridgehead atoms. The molecule has 16 fully saturated rings. The summed E-state index contributed by atoms with van der Waals surface area (Å²) in [5, 5.41) is 10.2. The lowest BCUT2D eigenvalue weighted by atomic mass is 9.49. The first-order valence-electron chi connectivity index (χ1n) is 44.4. The van der Waals surface area contributed by atoms with Crippen molar-refractivity contribution in [2.75, 3.05) is 26.4 Å². The first-order chi connectivity index (χ1) is 54.1. The van der Waals surface area contributed by atoms with Crippen molar-refractivity contribution in [1.82, 2.24) is 0 Å². The molecule has 0 radical (unpaired) electrons. The third kappa shape index (κ3) is 21.3. The van der Waals surface area contributed by atoms with Crippen LogP contribution in [0.2, 0.25) is 0 Å². The number of esters is 9. The van der Waals surface area contributed by atoms with Crippen LogP contribution >= 0.6 is 0 Å². The number of hydrogen-bond donors (Lipinski definition) is 1. The fraction of sp³-hybridized carbons (Fsp3) is 0.889. The predicted octanol–water partition coefficient (Wildman–Crippen LogP) is 16.1. The fourth-order valence-electron chi connectivity index (χ4n) is 20.7. The minimum Gasteiger partial charge on any atom is -0.463 e. The first kappa shape index (κ1) is 94.2. The number of aliphatic hydroxyl groups is 1. The van der Waals surface area contributed by atoms with Crippen molar-refractivity contribution in [3.05, 3.63) is 0 Å². The number of rotatable bonds is 25. The van der Waals surface area contributed by atoms with Crippen molar-refractivity contribution in [3.63, 3.8) is 0 Å². The van der Waals surface area contributed by atoms with Crippen LogP contribution in [0.15, 0.2) is 0 Å². The van der Waals surface area contributed by atoms with Gasteiger partial charge in [0.05, 0.1) is 55.9 Å². The highest BCUT2D eigenvalue weighted by Gasteiger charge is 2.67. The predicted molar refractivity (Wildman–Crippen MR) is 428 cm³/mol. The first-order valence-corrected chi connectivity index (χ1v) is 45.9. The van der Waals surface area contributed by atoms with Crippen molar-refractivity contribution < 1.29 is 118 Å². The third-order valence-electron chi connectivity index (χ3n) is 30.3. The Morgan fingerprint density at radius 1 is 0.474 bits per heavy atom. The van der Waals surface area contributed by atoms with Gasteiger partial charge >= 0.3 is 59.9 Å². The van der Waals surface area contributed by atoms with Crippen LogP contribution in [0, 0.1) is 97.6 Å². The van der Waals surface area contributed by atoms with E-state index in [4.69, 9.17) is 56.3 Å². The van der Waals surface area contributed by atoms with Gasteiger partial charge < -0.3 is 57.2 Å². The maximum Gasteiger partial charge on any atom is 0.508 e. The largest absolute Gasteiger partial charge is 0.508 e. The van der Waals surface area contributed by atoms with Crippen LogP contribution in [-0.4, -0.2) is 158 Å². The van der Waals surface area contributed by atoms with Crippen LogP contribution in [0.1, 0.15) is 325 Å². The Kier molecular flexibility index (Phi) is 30.0. The van der Waals surface area contributed by atoms with E-state index in [1.807, 2.05) is 76.2 Å². The molecule has 13 atom stereocenters. The molecular formula is C90H144O25S. The van der Waals surface area contributed by atoms with Gasteiger partial charge in [0, 0.05) is 36.5 Å². The molecule has 3 saturated heterocycles. The third-order valence-corrected chi connectivity index (χ3v) is 32.1. The number of carbonyl (C=O) groups is 10. The van der Waals surface area contributed by atoms with Gasteiger partial charge in [-0.3, -0.25) is 37.7 Å². The van der Waals surface area contributed by atoms with Gasteiger partial charge in [-0.2, -0.15) is 8.42 Å². The molecule has 0 aromatic heterocycles. The van der Waals surface area contributed by atoms with Gasteiger partial charge in [-0.15, -0.1) is 0 Å². The van der Waals surface area contributed by atoms with Crippen molar-refractivity contribution in [2.24, 2.45) is 97.6 Å². The fourth-order valence-corrected chi connectivity index (χ4v) is 22.6. The molecule has 0 aromatic rings. The minimum atomic E-state index is -3.54. The van der Waals surface area contributed by atoms with Crippen molar-refractivity contribution in [3.8, 4) is 0 Å². The Hall–Kier alpha value is -5.63. The second-order valence-electron chi connectivity index (χ2n) is 40.8. The summed E-state index contributed by atoms with van der Waals surface area (Å²) >= 11 is 0. The lowest BCUT2D eigenvalue weighted by molar-refractivity contribution is -0.225. The van der Waals surface area contributed by atoms with Gasteiger partial charge in [0.15, 0.2) is 6.61 Å². The summed E-state index contributed by atoms with van der Waals surface area (Å²) in [7, 11) is -3.54. The molecule has 16 aliphatic rings. The molecule has 16 rings (SSSR count). The van der Waals surface area contributed by atoms with E-state index in [1.165, 1.54) is 57.8 Å². The maximum absolute atomic E-state index is 12.6. The zero-order valence-electron chi connectivity index (χ0n) is 73.8. The van der Waals surface area contributed by atoms with Gasteiger partial charge in [0.1, 0.15) is 54.4 Å². The molecule has 1 N–H and O–H groups in total. The van der Waals surface area contributed by atoms with E-state index in [2.05, 4.69) is 20.8 Å². The molecule has 13 unspecified atom stereocenters. The molecule has 0 amide bonds. The van der Waals surface area contributed by atoms with E-state index >= 15 is 0 Å². The molecule has 3 aliphatic heterocycles. The summed E-state index contributed by atoms with van der Waals surface area (Å²) in [5.74, 6) is 2.22. The zero-order valence-corrected chi connectivity index (χ0v) is 74.6. The number of fused-ring (bicyclic) bond motifs is 2. The van der Waals surface area contributed by atoms with Gasteiger partial charge in [-0.1, -0.05) is 61.8 Å². The summed E-state index contributed by atoms with van der Waals surface area (Å²) in [5.41, 5.74) is -3.99. The molecular weight excluding hydrogens is 1510 g/mol. The van der Waals surface area contributed by atoms with Gasteiger partial charge in [0.2, 0.25) is 6.10 Å². The van der Waals surface area contributed by atoms with E-state index < -0.39 is 85.0 Å². The van der Waals surface area contributed by atoms with E-state index in [-0.39, 0.29) is 125 Å². The van der Waals surface area contributed by atoms with Crippen molar-refractivity contribution >= 4 is 70.0 Å². The summed E-state index contributed by atoms with van der Waals surface area (Å²) in [4.78, 5) is 119. The van der Waals surface area contributed by atoms with Crippen LogP contribution in [0.5, 0.6) is 0 Å². The van der Waals surface area contributed by atoms with E-state index in [0.717, 1.165) is 95.3 Å². The smallest absolute Gasteiger partial charge is 0.463 e. The Labute approximate surface area is 691 Å². The number of carbonyl (C=O) groups excluding carboxylic acids is 10. The van der Waals surface area contributed by atoms with Gasteiger partial charge in [0.25, 0.3) is 10.1 Å². The standard InChI is InChI=1S/C18H30O2.C16H24O8S.C16H22O6.C16H26O3.C14H26O2.C10H16O4/c1-5-17(3,4)16(19)20-18(6-2)14-8-12-7-13(10-14)11-15(18)9-12;1-4-16(2,3)14(17)21-5-6-22-15(18)23-12-9-7-10-11(8-9)25(19,20)24-13(10)12;1-4-16(2,3)15(19)20-7-11(17)21-12-8-5-9-10(6-8)14(18)22-13(9)12;1-4-14(2,3)13(17)19-16-8-11-5-12(9-16)7-15(18,6-11)10-16;1-5-13(3,4)12(15)16-14(6-2)10-8-7-9-11-14;1-4-10(2,3)9(12)14-7-5-6-13-8(7)11/h12-15H,5-11H2,1-4H3;9-13H,4-8H2,1-3H3;8-10,12-13H,4-7H2,1-3H3;11-12,18H,4-10H2,1-3H3;5-11H2,1-4H3;7H,4-6H2,1-3H3. The van der Waals surface area contributed by atoms with Gasteiger partial charge in [-0.05, 0) is 286 Å². The number of cyclic esters (lactones) is 1. The average molecular weight is 1660 g/mol. The molecule has 0 spiro atoms. The van der Waals surface area contributed by atoms with Gasteiger partial charge in [-0.25, -0.2) is 14.4 Å². The highest BCUT2D eigenvalue weighted by molar-refractivity contribution is 7.87. The molecule has 660 valence electrons. The van der Waals surface area contributed by atoms with Crippen LogP contribution in [0.25, 0.3) is 0 Å². The lowest BCUT2D eigenvalue weighted by Gasteiger charge is -2.60. The number of hydrogen-bond acceptors (Lipinski definition) is 25. The van der Waals surface area contributed by atoms with Crippen LogP contribution < -0.4 is 0 Å². The van der Waals surface area contributed by atoms with E-state index in [1.54, 1.807) is 41.5 Å². The molecule has 26 heteroatoms. The summed E-state index contributed by atoms with van der Waals surface area (Å²) < 4.78 is 87.7. The minimum absolute atomic E-state index is 0.00636. The Bertz CT molecular complexity index is 3570. The molecule has 13 aliphatic carbocycles. The summed E-state index contributed by atoms with van der Waals surface area (Å²) in [6, 6.07) is 0. The second kappa shape index (κ2) is 37.0. The van der Waals surface area contributed by atoms with Crippen molar-refractivity contribution in [2.45, 2.75) is 383 Å². The number of ether oxygens (including phenoxy) is 11. The monoisotopic (exact) mass is 1660 g/mol. The van der Waals surface area contributed by atoms with Crippen LogP contribution in [-0.2, 0) is 110 Å². The normalized spacial score (nSPS) is 34.3. The summed E-state index contributed by atoms with van der Waals surface area (Å²) in [6.07, 6.45) is 24.3. The molecule has 25 nitrogen and oxygen atoms in total. The second-order valence-corrected chi connectivity index (χ2v) is 42.5.